The van der Waals surface area contributed by atoms with E-state index in [0.29, 0.717) is 26.3 Å². The molecule has 1 aromatic rings. The first kappa shape index (κ1) is 16.8. The van der Waals surface area contributed by atoms with Crippen LogP contribution in [0.4, 0.5) is 0 Å². The molecule has 2 fully saturated rings. The second kappa shape index (κ2) is 6.47. The number of ether oxygens (including phenoxy) is 2. The minimum atomic E-state index is -3.11. The number of pyridine rings is 1. The average molecular weight is 340 g/mol. The Kier molecular flexibility index (Phi) is 4.73. The molecule has 2 aliphatic heterocycles. The average Bonchev–Trinajstić information content (AvgIpc) is 2.51. The highest BCUT2D eigenvalue weighted by molar-refractivity contribution is 7.89. The Labute approximate surface area is 137 Å². The van der Waals surface area contributed by atoms with E-state index >= 15 is 0 Å². The van der Waals surface area contributed by atoms with Gasteiger partial charge in [0.05, 0.1) is 24.1 Å². The third-order valence-corrected chi connectivity index (χ3v) is 6.33. The van der Waals surface area contributed by atoms with Crippen LogP contribution in [0.15, 0.2) is 18.5 Å². The zero-order valence-electron chi connectivity index (χ0n) is 13.7. The molecule has 0 amide bonds. The number of rotatable bonds is 5. The summed E-state index contributed by atoms with van der Waals surface area (Å²) in [5, 5.41) is 0. The van der Waals surface area contributed by atoms with Gasteiger partial charge in [-0.2, -0.15) is 4.31 Å². The SMILES string of the molecule is CCS(=O)(=O)N1CC2(CC(OCc3cncc(C)c3)CCO2)C1. The maximum atomic E-state index is 11.9. The summed E-state index contributed by atoms with van der Waals surface area (Å²) in [6.07, 6.45) is 5.35. The standard InChI is InChI=1S/C16H24N2O4S/c1-3-23(19,20)18-11-16(12-18)7-15(4-5-22-16)21-10-14-6-13(2)8-17-9-14/h6,8-9,15H,3-5,7,10-12H2,1-2H3. The summed E-state index contributed by atoms with van der Waals surface area (Å²) >= 11 is 0. The van der Waals surface area contributed by atoms with Gasteiger partial charge in [0, 0.05) is 38.5 Å². The Morgan fingerprint density at radius 3 is 2.91 bits per heavy atom. The van der Waals surface area contributed by atoms with Crippen molar-refractivity contribution in [2.24, 2.45) is 0 Å². The molecule has 23 heavy (non-hydrogen) atoms. The summed E-state index contributed by atoms with van der Waals surface area (Å²) < 4.78 is 37.1. The van der Waals surface area contributed by atoms with E-state index in [4.69, 9.17) is 9.47 Å². The van der Waals surface area contributed by atoms with Gasteiger partial charge in [0.15, 0.2) is 0 Å². The number of hydrogen-bond donors (Lipinski definition) is 0. The van der Waals surface area contributed by atoms with Crippen LogP contribution >= 0.6 is 0 Å². The third-order valence-electron chi connectivity index (χ3n) is 4.55. The van der Waals surface area contributed by atoms with E-state index in [1.807, 2.05) is 19.3 Å². The van der Waals surface area contributed by atoms with Crippen molar-refractivity contribution in [1.82, 2.24) is 9.29 Å². The predicted octanol–water partition coefficient (Wildman–Crippen LogP) is 1.49. The number of aromatic nitrogens is 1. The molecule has 1 spiro atoms. The summed E-state index contributed by atoms with van der Waals surface area (Å²) in [6, 6.07) is 2.07. The Balaban J connectivity index is 1.53. The van der Waals surface area contributed by atoms with Crippen LogP contribution in [0.2, 0.25) is 0 Å². The van der Waals surface area contributed by atoms with E-state index in [9.17, 15) is 8.42 Å². The Bertz CT molecular complexity index is 656. The van der Waals surface area contributed by atoms with Crippen molar-refractivity contribution in [2.45, 2.75) is 45.0 Å². The Hall–Kier alpha value is -1.02. The van der Waals surface area contributed by atoms with Crippen molar-refractivity contribution in [2.75, 3.05) is 25.4 Å². The van der Waals surface area contributed by atoms with Crippen molar-refractivity contribution >= 4 is 10.0 Å². The van der Waals surface area contributed by atoms with Crippen LogP contribution in [0.25, 0.3) is 0 Å². The lowest BCUT2D eigenvalue weighted by Crippen LogP contribution is -2.67. The van der Waals surface area contributed by atoms with Gasteiger partial charge in [0.25, 0.3) is 0 Å². The predicted molar refractivity (Wildman–Crippen MR) is 86.5 cm³/mol. The fraction of sp³-hybridized carbons (Fsp3) is 0.688. The molecule has 3 heterocycles. The number of nitrogens with zero attached hydrogens (tertiary/aromatic N) is 2. The maximum Gasteiger partial charge on any atom is 0.214 e. The van der Waals surface area contributed by atoms with Crippen LogP contribution in [0.5, 0.6) is 0 Å². The molecule has 3 rings (SSSR count). The summed E-state index contributed by atoms with van der Waals surface area (Å²) in [5.74, 6) is 0.142. The lowest BCUT2D eigenvalue weighted by Gasteiger charge is -2.52. The molecule has 6 nitrogen and oxygen atoms in total. The van der Waals surface area contributed by atoms with Gasteiger partial charge < -0.3 is 9.47 Å². The second-order valence-corrected chi connectivity index (χ2v) is 8.75. The Morgan fingerprint density at radius 1 is 1.43 bits per heavy atom. The van der Waals surface area contributed by atoms with Gasteiger partial charge in [-0.1, -0.05) is 6.07 Å². The van der Waals surface area contributed by atoms with E-state index in [1.54, 1.807) is 6.92 Å². The monoisotopic (exact) mass is 340 g/mol. The molecule has 1 aromatic heterocycles. The van der Waals surface area contributed by atoms with E-state index < -0.39 is 10.0 Å². The van der Waals surface area contributed by atoms with E-state index in [-0.39, 0.29) is 17.5 Å². The van der Waals surface area contributed by atoms with Gasteiger partial charge in [-0.05, 0) is 31.4 Å². The minimum Gasteiger partial charge on any atom is -0.373 e. The smallest absolute Gasteiger partial charge is 0.214 e. The summed E-state index contributed by atoms with van der Waals surface area (Å²) in [6.45, 7) is 5.74. The van der Waals surface area contributed by atoms with Crippen LogP contribution in [0.1, 0.15) is 30.9 Å². The highest BCUT2D eigenvalue weighted by atomic mass is 32.2. The van der Waals surface area contributed by atoms with Crippen molar-refractivity contribution in [3.8, 4) is 0 Å². The molecule has 0 aliphatic carbocycles. The van der Waals surface area contributed by atoms with Gasteiger partial charge in [-0.15, -0.1) is 0 Å². The van der Waals surface area contributed by atoms with Crippen molar-refractivity contribution < 1.29 is 17.9 Å². The van der Waals surface area contributed by atoms with Crippen molar-refractivity contribution in [1.29, 1.82) is 0 Å². The van der Waals surface area contributed by atoms with Gasteiger partial charge >= 0.3 is 0 Å². The molecule has 0 N–H and O–H groups in total. The fourth-order valence-corrected chi connectivity index (χ4v) is 4.46. The molecule has 1 atom stereocenters. The fourth-order valence-electron chi connectivity index (χ4n) is 3.23. The molecular formula is C16H24N2O4S. The van der Waals surface area contributed by atoms with Crippen molar-refractivity contribution in [3.05, 3.63) is 29.6 Å². The highest BCUT2D eigenvalue weighted by Crippen LogP contribution is 2.37. The molecule has 1 unspecified atom stereocenters. The van der Waals surface area contributed by atoms with Gasteiger partial charge in [0.1, 0.15) is 0 Å². The van der Waals surface area contributed by atoms with Gasteiger partial charge in [-0.25, -0.2) is 8.42 Å². The number of hydrogen-bond acceptors (Lipinski definition) is 5. The quantitative estimate of drug-likeness (QED) is 0.812. The molecule has 0 bridgehead atoms. The van der Waals surface area contributed by atoms with Crippen LogP contribution in [-0.2, 0) is 26.1 Å². The molecule has 7 heteroatoms. The van der Waals surface area contributed by atoms with Crippen LogP contribution < -0.4 is 0 Å². The van der Waals surface area contributed by atoms with Gasteiger partial charge in [-0.3, -0.25) is 4.98 Å². The molecule has 0 aromatic carbocycles. The van der Waals surface area contributed by atoms with Crippen LogP contribution in [-0.4, -0.2) is 54.9 Å². The molecule has 0 radical (unpaired) electrons. The summed E-state index contributed by atoms with van der Waals surface area (Å²) in [7, 11) is -3.11. The zero-order chi connectivity index (χ0) is 16.5. The van der Waals surface area contributed by atoms with Gasteiger partial charge in [0.2, 0.25) is 10.0 Å². The van der Waals surface area contributed by atoms with E-state index in [0.717, 1.165) is 24.0 Å². The third kappa shape index (κ3) is 3.74. The molecule has 2 saturated heterocycles. The summed E-state index contributed by atoms with van der Waals surface area (Å²) in [5.41, 5.74) is 1.83. The highest BCUT2D eigenvalue weighted by Gasteiger charge is 2.51. The first-order chi connectivity index (χ1) is 10.9. The van der Waals surface area contributed by atoms with E-state index in [1.165, 1.54) is 4.31 Å². The zero-order valence-corrected chi connectivity index (χ0v) is 14.5. The summed E-state index contributed by atoms with van der Waals surface area (Å²) in [4.78, 5) is 4.17. The normalized spacial score (nSPS) is 24.5. The first-order valence-corrected chi connectivity index (χ1v) is 9.67. The lowest BCUT2D eigenvalue weighted by atomic mass is 9.86. The van der Waals surface area contributed by atoms with Crippen LogP contribution in [0.3, 0.4) is 0 Å². The van der Waals surface area contributed by atoms with Crippen LogP contribution in [0, 0.1) is 6.92 Å². The number of sulfonamides is 1. The largest absolute Gasteiger partial charge is 0.373 e. The molecule has 0 saturated carbocycles. The minimum absolute atomic E-state index is 0.107. The van der Waals surface area contributed by atoms with E-state index in [2.05, 4.69) is 11.1 Å². The topological polar surface area (TPSA) is 68.7 Å². The molecular weight excluding hydrogens is 316 g/mol. The molecule has 128 valence electrons. The molecule has 2 aliphatic rings. The number of aryl methyl sites for hydroxylation is 1. The first-order valence-electron chi connectivity index (χ1n) is 8.06. The second-order valence-electron chi connectivity index (χ2n) is 6.50. The Morgan fingerprint density at radius 2 is 2.22 bits per heavy atom. The lowest BCUT2D eigenvalue weighted by molar-refractivity contribution is -0.180. The van der Waals surface area contributed by atoms with Crippen molar-refractivity contribution in [3.63, 3.8) is 0 Å². The maximum absolute atomic E-state index is 11.9.